The second kappa shape index (κ2) is 6.87. The van der Waals surface area contributed by atoms with E-state index >= 15 is 0 Å². The molecule has 0 spiro atoms. The third-order valence-electron chi connectivity index (χ3n) is 2.05. The lowest BCUT2D eigenvalue weighted by molar-refractivity contribution is -0.132. The van der Waals surface area contributed by atoms with Gasteiger partial charge in [-0.15, -0.1) is 0 Å². The average Bonchev–Trinajstić information content (AvgIpc) is 2.33. The Morgan fingerprint density at radius 2 is 1.61 bits per heavy atom. The smallest absolute Gasteiger partial charge is 0.404 e. The lowest BCUT2D eigenvalue weighted by Gasteiger charge is -2.15. The maximum atomic E-state index is 12.2. The van der Waals surface area contributed by atoms with Gasteiger partial charge in [-0.3, -0.25) is 0 Å². The molecule has 0 aliphatic heterocycles. The van der Waals surface area contributed by atoms with Crippen LogP contribution in [0, 0.1) is 0 Å². The number of hydrogen-bond acceptors (Lipinski definition) is 2. The quantitative estimate of drug-likeness (QED) is 0.730. The maximum absolute atomic E-state index is 12.2. The van der Waals surface area contributed by atoms with Crippen molar-refractivity contribution >= 4 is 15.9 Å². The van der Waals surface area contributed by atoms with E-state index in [9.17, 15) is 13.2 Å². The summed E-state index contributed by atoms with van der Waals surface area (Å²) in [6, 6.07) is 6.51. The summed E-state index contributed by atoms with van der Waals surface area (Å²) in [5.74, 6) is 1.06. The van der Waals surface area contributed by atoms with Crippen LogP contribution in [0.3, 0.4) is 0 Å². The summed E-state index contributed by atoms with van der Waals surface area (Å²) in [7, 11) is 0. The molecule has 0 aliphatic rings. The summed E-state index contributed by atoms with van der Waals surface area (Å²) in [6.07, 6.45) is -3.40. The Morgan fingerprint density at radius 1 is 1.11 bits per heavy atom. The van der Waals surface area contributed by atoms with E-state index in [0.29, 0.717) is 18.1 Å². The van der Waals surface area contributed by atoms with Gasteiger partial charge in [-0.05, 0) is 30.7 Å². The largest absolute Gasteiger partial charge is 0.494 e. The van der Waals surface area contributed by atoms with Crippen molar-refractivity contribution in [3.63, 3.8) is 0 Å². The molecule has 0 bridgehead atoms. The molecule has 0 saturated carbocycles. The molecule has 18 heavy (non-hydrogen) atoms. The van der Waals surface area contributed by atoms with E-state index in [1.54, 1.807) is 24.3 Å². The highest BCUT2D eigenvalue weighted by Crippen LogP contribution is 2.27. The molecular weight excluding hydrogens is 313 g/mol. The molecule has 0 aliphatic carbocycles. The summed E-state index contributed by atoms with van der Waals surface area (Å²) < 4.78 is 47.0. The molecule has 1 rings (SSSR count). The number of alkyl halides is 4. The Bertz CT molecular complexity index is 351. The van der Waals surface area contributed by atoms with Crippen molar-refractivity contribution < 1.29 is 22.6 Å². The van der Waals surface area contributed by atoms with Gasteiger partial charge in [-0.1, -0.05) is 22.9 Å². The van der Waals surface area contributed by atoms with E-state index in [1.165, 1.54) is 0 Å². The van der Waals surface area contributed by atoms with Gasteiger partial charge in [0.1, 0.15) is 22.9 Å². The van der Waals surface area contributed by atoms with Gasteiger partial charge in [0.05, 0.1) is 6.61 Å². The van der Waals surface area contributed by atoms with E-state index in [2.05, 4.69) is 15.9 Å². The summed E-state index contributed by atoms with van der Waals surface area (Å²) in [4.78, 5) is -1.67. The SMILES string of the molecule is CCCOc1ccc(OCC(Br)C(F)(F)F)cc1. The van der Waals surface area contributed by atoms with Crippen LogP contribution in [0.4, 0.5) is 13.2 Å². The van der Waals surface area contributed by atoms with Crippen molar-refractivity contribution in [2.75, 3.05) is 13.2 Å². The second-order valence-electron chi connectivity index (χ2n) is 3.64. The minimum atomic E-state index is -4.30. The van der Waals surface area contributed by atoms with Crippen LogP contribution in [-0.2, 0) is 0 Å². The van der Waals surface area contributed by atoms with Crippen molar-refractivity contribution in [1.29, 1.82) is 0 Å². The zero-order valence-electron chi connectivity index (χ0n) is 9.84. The molecule has 0 amide bonds. The van der Waals surface area contributed by atoms with Gasteiger partial charge in [0.25, 0.3) is 0 Å². The molecule has 1 atom stereocenters. The number of hydrogen-bond donors (Lipinski definition) is 0. The molecule has 0 radical (unpaired) electrons. The van der Waals surface area contributed by atoms with E-state index in [0.717, 1.165) is 6.42 Å². The number of rotatable bonds is 6. The Labute approximate surface area is 112 Å². The van der Waals surface area contributed by atoms with Gasteiger partial charge in [0.2, 0.25) is 0 Å². The van der Waals surface area contributed by atoms with E-state index in [1.807, 2.05) is 6.92 Å². The van der Waals surface area contributed by atoms with Crippen molar-refractivity contribution in [2.24, 2.45) is 0 Å². The van der Waals surface area contributed by atoms with Gasteiger partial charge in [-0.25, -0.2) is 0 Å². The predicted molar refractivity (Wildman–Crippen MR) is 66.5 cm³/mol. The van der Waals surface area contributed by atoms with Crippen molar-refractivity contribution in [2.45, 2.75) is 24.3 Å². The van der Waals surface area contributed by atoms with Crippen LogP contribution in [0.25, 0.3) is 0 Å². The monoisotopic (exact) mass is 326 g/mol. The fourth-order valence-electron chi connectivity index (χ4n) is 1.12. The van der Waals surface area contributed by atoms with Crippen molar-refractivity contribution in [3.05, 3.63) is 24.3 Å². The third-order valence-corrected chi connectivity index (χ3v) is 2.83. The van der Waals surface area contributed by atoms with Gasteiger partial charge in [0, 0.05) is 0 Å². The van der Waals surface area contributed by atoms with Crippen LogP contribution >= 0.6 is 15.9 Å². The Hall–Kier alpha value is -0.910. The first kappa shape index (κ1) is 15.1. The Morgan fingerprint density at radius 3 is 2.06 bits per heavy atom. The molecular formula is C12H14BrF3O2. The topological polar surface area (TPSA) is 18.5 Å². The highest BCUT2D eigenvalue weighted by molar-refractivity contribution is 9.09. The fraction of sp³-hybridized carbons (Fsp3) is 0.500. The summed E-state index contributed by atoms with van der Waals surface area (Å²) >= 11 is 2.53. The maximum Gasteiger partial charge on any atom is 0.404 e. The Balaban J connectivity index is 2.44. The molecule has 6 heteroatoms. The molecule has 0 saturated heterocycles. The number of ether oxygens (including phenoxy) is 2. The van der Waals surface area contributed by atoms with Gasteiger partial charge in [0.15, 0.2) is 0 Å². The molecule has 2 nitrogen and oxygen atoms in total. The number of halogens is 4. The fourth-order valence-corrected chi connectivity index (χ4v) is 1.25. The lowest BCUT2D eigenvalue weighted by atomic mass is 10.3. The van der Waals surface area contributed by atoms with Crippen LogP contribution < -0.4 is 9.47 Å². The van der Waals surface area contributed by atoms with Gasteiger partial charge >= 0.3 is 6.18 Å². The molecule has 102 valence electrons. The summed E-state index contributed by atoms with van der Waals surface area (Å²) in [6.45, 7) is 2.14. The molecule has 0 aromatic heterocycles. The first-order chi connectivity index (χ1) is 8.43. The van der Waals surface area contributed by atoms with Crippen molar-refractivity contribution in [1.82, 2.24) is 0 Å². The van der Waals surface area contributed by atoms with E-state index in [4.69, 9.17) is 9.47 Å². The molecule has 0 fully saturated rings. The molecule has 1 aromatic rings. The Kier molecular flexibility index (Phi) is 5.78. The zero-order chi connectivity index (χ0) is 13.6. The normalized spacial score (nSPS) is 13.2. The molecule has 1 unspecified atom stereocenters. The highest BCUT2D eigenvalue weighted by atomic mass is 79.9. The number of benzene rings is 1. The van der Waals surface area contributed by atoms with Crippen LogP contribution in [0.1, 0.15) is 13.3 Å². The van der Waals surface area contributed by atoms with Crippen LogP contribution in [-0.4, -0.2) is 24.2 Å². The molecule has 0 N–H and O–H groups in total. The predicted octanol–water partition coefficient (Wildman–Crippen LogP) is 4.18. The third kappa shape index (κ3) is 5.16. The van der Waals surface area contributed by atoms with Crippen LogP contribution in [0.2, 0.25) is 0 Å². The molecule has 0 heterocycles. The van der Waals surface area contributed by atoms with Crippen LogP contribution in [0.5, 0.6) is 11.5 Å². The first-order valence-electron chi connectivity index (χ1n) is 5.50. The minimum absolute atomic E-state index is 0.382. The van der Waals surface area contributed by atoms with Crippen LogP contribution in [0.15, 0.2) is 24.3 Å². The highest BCUT2D eigenvalue weighted by Gasteiger charge is 2.38. The van der Waals surface area contributed by atoms with Gasteiger partial charge < -0.3 is 9.47 Å². The first-order valence-corrected chi connectivity index (χ1v) is 6.41. The van der Waals surface area contributed by atoms with E-state index in [-0.39, 0.29) is 0 Å². The van der Waals surface area contributed by atoms with E-state index < -0.39 is 17.6 Å². The van der Waals surface area contributed by atoms with Crippen molar-refractivity contribution in [3.8, 4) is 11.5 Å². The van der Waals surface area contributed by atoms with Gasteiger partial charge in [-0.2, -0.15) is 13.2 Å². The second-order valence-corrected chi connectivity index (χ2v) is 4.75. The molecule has 1 aromatic carbocycles. The summed E-state index contributed by atoms with van der Waals surface area (Å²) in [5, 5.41) is 0. The minimum Gasteiger partial charge on any atom is -0.494 e. The standard InChI is InChI=1S/C12H14BrF3O2/c1-2-7-17-9-3-5-10(6-4-9)18-8-11(13)12(14,15)16/h3-6,11H,2,7-8H2,1H3. The zero-order valence-corrected chi connectivity index (χ0v) is 11.4. The lowest BCUT2D eigenvalue weighted by Crippen LogP contribution is -2.28. The summed E-state index contributed by atoms with van der Waals surface area (Å²) in [5.41, 5.74) is 0. The average molecular weight is 327 g/mol.